The Morgan fingerprint density at radius 1 is 0.556 bits per heavy atom. The molecule has 2 aromatic rings. The molecule has 0 saturated heterocycles. The highest BCUT2D eigenvalue weighted by Crippen LogP contribution is 2.81. The Labute approximate surface area is 219 Å². The first-order valence-electron chi connectivity index (χ1n) is 15.2. The summed E-state index contributed by atoms with van der Waals surface area (Å²) in [5, 5.41) is 0. The molecule has 0 aliphatic heterocycles. The maximum absolute atomic E-state index is 2.79. The van der Waals surface area contributed by atoms with Crippen molar-refractivity contribution in [2.24, 2.45) is 44.8 Å². The van der Waals surface area contributed by atoms with E-state index in [9.17, 15) is 0 Å². The number of hydrogen-bond acceptors (Lipinski definition) is 0. The van der Waals surface area contributed by atoms with Gasteiger partial charge in [0.25, 0.3) is 0 Å². The summed E-state index contributed by atoms with van der Waals surface area (Å²) in [6.45, 7) is 10.9. The summed E-state index contributed by atoms with van der Waals surface area (Å²) in [5.74, 6) is 2.77. The summed E-state index contributed by atoms with van der Waals surface area (Å²) in [6, 6.07) is 21.2. The molecular weight excluding hydrogens is 432 g/mol. The van der Waals surface area contributed by atoms with Gasteiger partial charge in [0.05, 0.1) is 0 Å². The van der Waals surface area contributed by atoms with Crippen molar-refractivity contribution in [3.05, 3.63) is 60.2 Å². The third-order valence-electron chi connectivity index (χ3n) is 12.8. The van der Waals surface area contributed by atoms with Crippen LogP contribution in [0.3, 0.4) is 0 Å². The van der Waals surface area contributed by atoms with E-state index in [1.165, 1.54) is 75.3 Å². The maximum atomic E-state index is 2.79. The fraction of sp³-hybridized carbons (Fsp3) is 0.667. The molecule has 0 N–H and O–H groups in total. The van der Waals surface area contributed by atoms with Crippen LogP contribution < -0.4 is 0 Å². The van der Waals surface area contributed by atoms with Gasteiger partial charge in [-0.2, -0.15) is 0 Å². The number of hydrogen-bond donors (Lipinski definition) is 0. The van der Waals surface area contributed by atoms with Gasteiger partial charge in [-0.1, -0.05) is 82.3 Å². The molecule has 2 aromatic carbocycles. The molecule has 36 heavy (non-hydrogen) atoms. The molecule has 0 spiro atoms. The van der Waals surface area contributed by atoms with E-state index in [0.717, 1.165) is 17.8 Å². The quantitative estimate of drug-likeness (QED) is 0.412. The second kappa shape index (κ2) is 6.71. The van der Waals surface area contributed by atoms with E-state index in [1.807, 2.05) is 0 Å². The molecule has 8 fully saturated rings. The van der Waals surface area contributed by atoms with Gasteiger partial charge in [-0.3, -0.25) is 0 Å². The summed E-state index contributed by atoms with van der Waals surface area (Å²) >= 11 is 0. The Kier molecular flexibility index (Phi) is 4.18. The van der Waals surface area contributed by atoms with Crippen LogP contribution in [0.5, 0.6) is 0 Å². The summed E-state index contributed by atoms with van der Waals surface area (Å²) in [6.07, 6.45) is 16.5. The highest BCUT2D eigenvalue weighted by molar-refractivity contribution is 5.64. The van der Waals surface area contributed by atoms with E-state index >= 15 is 0 Å². The van der Waals surface area contributed by atoms with Gasteiger partial charge in [0.1, 0.15) is 0 Å². The Morgan fingerprint density at radius 2 is 1.19 bits per heavy atom. The molecule has 190 valence electrons. The fourth-order valence-corrected chi connectivity index (χ4v) is 14.5. The largest absolute Gasteiger partial charge is 0.0622 e. The number of benzene rings is 2. The minimum absolute atomic E-state index is 0.367. The molecule has 8 aliphatic rings. The van der Waals surface area contributed by atoms with Gasteiger partial charge in [-0.15, -0.1) is 0 Å². The lowest BCUT2D eigenvalue weighted by Gasteiger charge is -2.77. The van der Waals surface area contributed by atoms with Crippen molar-refractivity contribution in [2.75, 3.05) is 0 Å². The molecule has 0 amide bonds. The van der Waals surface area contributed by atoms with Crippen LogP contribution in [-0.2, 0) is 5.41 Å². The van der Waals surface area contributed by atoms with E-state index in [2.05, 4.69) is 82.3 Å². The average Bonchev–Trinajstić information content (AvgIpc) is 2.75. The lowest BCUT2D eigenvalue weighted by Crippen LogP contribution is -2.70. The van der Waals surface area contributed by atoms with Crippen LogP contribution in [0.2, 0.25) is 0 Å². The van der Waals surface area contributed by atoms with Crippen LogP contribution in [0.1, 0.15) is 104 Å². The fourth-order valence-electron chi connectivity index (χ4n) is 14.5. The van der Waals surface area contributed by atoms with Crippen molar-refractivity contribution in [3.63, 3.8) is 0 Å². The monoisotopic (exact) mass is 478 g/mol. The van der Waals surface area contributed by atoms with E-state index in [-0.39, 0.29) is 0 Å². The van der Waals surface area contributed by atoms with Crippen LogP contribution in [0, 0.1) is 44.8 Å². The first kappa shape index (κ1) is 22.4. The molecule has 0 heteroatoms. The topological polar surface area (TPSA) is 0 Å². The molecule has 10 rings (SSSR count). The molecule has 0 nitrogen and oxygen atoms in total. The third-order valence-corrected chi connectivity index (χ3v) is 12.8. The molecule has 0 heterocycles. The Hall–Kier alpha value is -1.56. The first-order chi connectivity index (χ1) is 17.0. The molecule has 0 radical (unpaired) electrons. The van der Waals surface area contributed by atoms with Crippen molar-refractivity contribution in [2.45, 2.75) is 104 Å². The van der Waals surface area contributed by atoms with Gasteiger partial charge < -0.3 is 0 Å². The van der Waals surface area contributed by atoms with E-state index in [1.54, 1.807) is 12.0 Å². The normalized spacial score (nSPS) is 52.2. The molecule has 8 aliphatic carbocycles. The Balaban J connectivity index is 1.33. The summed E-state index contributed by atoms with van der Waals surface area (Å²) in [4.78, 5) is 0. The van der Waals surface area contributed by atoms with Gasteiger partial charge in [0.2, 0.25) is 0 Å². The standard InChI is InChI=1S/C36H46/c1-31-14-25-15-32(2,20-31)23-35(18-25,22-31)30-34(4)17-26-16-33(3,21-34)24-36(30,19-26)29-12-8-11-28(13-29)27-9-6-5-7-10-27/h5-13,25-26,30H,14-24H2,1-4H3. The number of rotatable bonds is 3. The van der Waals surface area contributed by atoms with Crippen molar-refractivity contribution >= 4 is 0 Å². The van der Waals surface area contributed by atoms with Crippen molar-refractivity contribution in [1.82, 2.24) is 0 Å². The Bertz CT molecular complexity index is 1210. The van der Waals surface area contributed by atoms with E-state index < -0.39 is 0 Å². The van der Waals surface area contributed by atoms with Gasteiger partial charge in [-0.05, 0) is 138 Å². The lowest BCUT2D eigenvalue weighted by atomic mass is 9.27. The van der Waals surface area contributed by atoms with Gasteiger partial charge in [-0.25, -0.2) is 0 Å². The van der Waals surface area contributed by atoms with Crippen molar-refractivity contribution in [1.29, 1.82) is 0 Å². The van der Waals surface area contributed by atoms with Crippen LogP contribution in [0.4, 0.5) is 0 Å². The second-order valence-electron chi connectivity index (χ2n) is 16.8. The molecule has 8 saturated carbocycles. The van der Waals surface area contributed by atoms with Crippen molar-refractivity contribution in [3.8, 4) is 11.1 Å². The predicted molar refractivity (Wildman–Crippen MR) is 150 cm³/mol. The van der Waals surface area contributed by atoms with Crippen LogP contribution in [-0.4, -0.2) is 0 Å². The molecule has 0 aromatic heterocycles. The minimum Gasteiger partial charge on any atom is -0.0622 e. The second-order valence-corrected chi connectivity index (χ2v) is 16.8. The van der Waals surface area contributed by atoms with E-state index in [4.69, 9.17) is 0 Å². The smallest absolute Gasteiger partial charge is 0.0000233 e. The van der Waals surface area contributed by atoms with Crippen LogP contribution in [0.15, 0.2) is 54.6 Å². The van der Waals surface area contributed by atoms with Crippen LogP contribution >= 0.6 is 0 Å². The van der Waals surface area contributed by atoms with E-state index in [0.29, 0.717) is 32.5 Å². The predicted octanol–water partition coefficient (Wildman–Crippen LogP) is 9.82. The third kappa shape index (κ3) is 2.94. The molecule has 7 unspecified atom stereocenters. The van der Waals surface area contributed by atoms with Crippen LogP contribution in [0.25, 0.3) is 11.1 Å². The zero-order chi connectivity index (χ0) is 24.6. The summed E-state index contributed by atoms with van der Waals surface area (Å²) in [7, 11) is 0. The first-order valence-corrected chi connectivity index (χ1v) is 15.2. The average molecular weight is 479 g/mol. The van der Waals surface area contributed by atoms with Crippen molar-refractivity contribution < 1.29 is 0 Å². The minimum atomic E-state index is 0.367. The highest BCUT2D eigenvalue weighted by atomic mass is 14.8. The SMILES string of the molecule is CC12CC3CC(C)(C1)CC(C1C4(C)CC5CC(C)(C4)CC1(c1cccc(-c4ccccc4)c1)C5)(C3)C2. The summed E-state index contributed by atoms with van der Waals surface area (Å²) in [5.41, 5.74) is 7.68. The highest BCUT2D eigenvalue weighted by Gasteiger charge is 2.73. The molecule has 8 bridgehead atoms. The molecule has 7 atom stereocenters. The lowest BCUT2D eigenvalue weighted by molar-refractivity contribution is -0.256. The zero-order valence-electron chi connectivity index (χ0n) is 23.2. The maximum Gasteiger partial charge on any atom is -0.0000233 e. The molecular formula is C36H46. The van der Waals surface area contributed by atoms with Gasteiger partial charge >= 0.3 is 0 Å². The summed E-state index contributed by atoms with van der Waals surface area (Å²) < 4.78 is 0. The Morgan fingerprint density at radius 3 is 1.86 bits per heavy atom. The zero-order valence-corrected chi connectivity index (χ0v) is 23.2. The van der Waals surface area contributed by atoms with Gasteiger partial charge in [0.15, 0.2) is 0 Å². The van der Waals surface area contributed by atoms with Gasteiger partial charge in [0, 0.05) is 0 Å².